The van der Waals surface area contributed by atoms with E-state index in [2.05, 4.69) is 15.6 Å². The molecule has 0 bridgehead atoms. The molecule has 0 spiro atoms. The number of methoxy groups -OCH3 is 2. The zero-order valence-corrected chi connectivity index (χ0v) is 13.7. The highest BCUT2D eigenvalue weighted by molar-refractivity contribution is 6.03. The van der Waals surface area contributed by atoms with Crippen molar-refractivity contribution in [3.05, 3.63) is 28.2 Å². The van der Waals surface area contributed by atoms with Crippen LogP contribution in [0.5, 0.6) is 11.5 Å². The zero-order chi connectivity index (χ0) is 17.0. The van der Waals surface area contributed by atoms with Crippen molar-refractivity contribution in [3.63, 3.8) is 0 Å². The average Bonchev–Trinajstić information content (AvgIpc) is 2.55. The molecule has 23 heavy (non-hydrogen) atoms. The number of benzene rings is 1. The number of anilines is 1. The largest absolute Gasteiger partial charge is 0.493 e. The summed E-state index contributed by atoms with van der Waals surface area (Å²) in [5.41, 5.74) is 0.500. The van der Waals surface area contributed by atoms with Crippen molar-refractivity contribution in [1.82, 2.24) is 10.3 Å². The fourth-order valence-electron chi connectivity index (χ4n) is 2.34. The van der Waals surface area contributed by atoms with Crippen LogP contribution in [0.3, 0.4) is 0 Å². The lowest BCUT2D eigenvalue weighted by Gasteiger charge is -2.14. The van der Waals surface area contributed by atoms with Gasteiger partial charge in [-0.05, 0) is 25.5 Å². The first-order chi connectivity index (χ1) is 11.0. The van der Waals surface area contributed by atoms with Crippen molar-refractivity contribution >= 4 is 22.5 Å². The zero-order valence-electron chi connectivity index (χ0n) is 13.7. The number of pyridine rings is 1. The molecule has 3 N–H and O–H groups in total. The van der Waals surface area contributed by atoms with E-state index in [1.165, 1.54) is 7.11 Å². The van der Waals surface area contributed by atoms with Crippen molar-refractivity contribution in [1.29, 1.82) is 0 Å². The van der Waals surface area contributed by atoms with Crippen LogP contribution in [-0.4, -0.2) is 31.8 Å². The maximum atomic E-state index is 12.2. The fraction of sp³-hybridized carbons (Fsp3) is 0.375. The van der Waals surface area contributed by atoms with E-state index in [0.717, 1.165) is 11.8 Å². The van der Waals surface area contributed by atoms with Crippen molar-refractivity contribution in [2.45, 2.75) is 20.3 Å². The molecule has 0 atom stereocenters. The first kappa shape index (κ1) is 16.7. The Balaban J connectivity index is 2.59. The number of hydrogen-bond donors (Lipinski definition) is 3. The Kier molecular flexibility index (Phi) is 5.10. The minimum atomic E-state index is -0.419. The van der Waals surface area contributed by atoms with E-state index in [1.54, 1.807) is 26.2 Å². The summed E-state index contributed by atoms with van der Waals surface area (Å²) in [6, 6.07) is 3.04. The fourth-order valence-corrected chi connectivity index (χ4v) is 2.34. The number of urea groups is 1. The van der Waals surface area contributed by atoms with Crippen LogP contribution in [0, 0.1) is 6.92 Å². The Morgan fingerprint density at radius 3 is 2.35 bits per heavy atom. The molecule has 2 amide bonds. The molecule has 2 aromatic rings. The highest BCUT2D eigenvalue weighted by atomic mass is 16.5. The Morgan fingerprint density at radius 2 is 1.78 bits per heavy atom. The molecule has 124 valence electrons. The van der Waals surface area contributed by atoms with E-state index in [0.29, 0.717) is 29.1 Å². The molecular weight excluding hydrogens is 298 g/mol. The molecule has 7 nitrogen and oxygen atoms in total. The van der Waals surface area contributed by atoms with E-state index in [9.17, 15) is 9.59 Å². The van der Waals surface area contributed by atoms with Crippen LogP contribution >= 0.6 is 0 Å². The molecule has 1 heterocycles. The number of H-pyrrole nitrogens is 1. The second-order valence-corrected chi connectivity index (χ2v) is 5.09. The minimum absolute atomic E-state index is 0.181. The molecular formula is C16H21N3O4. The third-order valence-electron chi connectivity index (χ3n) is 3.50. The van der Waals surface area contributed by atoms with E-state index >= 15 is 0 Å². The molecule has 1 aromatic heterocycles. The van der Waals surface area contributed by atoms with Crippen molar-refractivity contribution in [3.8, 4) is 11.5 Å². The summed E-state index contributed by atoms with van der Waals surface area (Å²) < 4.78 is 10.6. The van der Waals surface area contributed by atoms with Crippen LogP contribution in [0.2, 0.25) is 0 Å². The molecule has 0 aliphatic heterocycles. The normalized spacial score (nSPS) is 10.4. The molecule has 0 fully saturated rings. The molecule has 7 heteroatoms. The Bertz CT molecular complexity index is 783. The van der Waals surface area contributed by atoms with Crippen LogP contribution in [0.4, 0.5) is 10.5 Å². The molecule has 0 aliphatic carbocycles. The van der Waals surface area contributed by atoms with Crippen molar-refractivity contribution in [2.24, 2.45) is 0 Å². The number of amides is 2. The van der Waals surface area contributed by atoms with Gasteiger partial charge < -0.3 is 25.1 Å². The van der Waals surface area contributed by atoms with Gasteiger partial charge in [0.15, 0.2) is 11.5 Å². The summed E-state index contributed by atoms with van der Waals surface area (Å²) in [6.45, 7) is 4.27. The number of aromatic nitrogens is 1. The number of fused-ring (bicyclic) bond motifs is 1. The number of rotatable bonds is 5. The van der Waals surface area contributed by atoms with E-state index in [1.807, 2.05) is 6.92 Å². The number of carbonyl (C=O) groups excluding carboxylic acids is 1. The lowest BCUT2D eigenvalue weighted by atomic mass is 10.1. The molecule has 0 saturated carbocycles. The number of carbonyl (C=O) groups is 1. The monoisotopic (exact) mass is 319 g/mol. The van der Waals surface area contributed by atoms with Crippen LogP contribution in [0.1, 0.15) is 19.0 Å². The van der Waals surface area contributed by atoms with Gasteiger partial charge in [-0.1, -0.05) is 6.92 Å². The SMILES string of the molecule is CCCNC(=O)Nc1c(=O)[nH]c(C)c2cc(OC)c(OC)cc12. The smallest absolute Gasteiger partial charge is 0.319 e. The summed E-state index contributed by atoms with van der Waals surface area (Å²) in [5.74, 6) is 1.04. The van der Waals surface area contributed by atoms with E-state index in [4.69, 9.17) is 9.47 Å². The molecule has 0 aliphatic rings. The third-order valence-corrected chi connectivity index (χ3v) is 3.50. The van der Waals surface area contributed by atoms with Gasteiger partial charge in [-0.3, -0.25) is 4.79 Å². The van der Waals surface area contributed by atoms with Gasteiger partial charge in [-0.2, -0.15) is 0 Å². The molecule has 2 rings (SSSR count). The Hall–Kier alpha value is -2.70. The number of ether oxygens (including phenoxy) is 2. The van der Waals surface area contributed by atoms with Gasteiger partial charge in [0.05, 0.1) is 14.2 Å². The van der Waals surface area contributed by atoms with Crippen LogP contribution < -0.4 is 25.7 Å². The predicted molar refractivity (Wildman–Crippen MR) is 89.7 cm³/mol. The Morgan fingerprint density at radius 1 is 1.17 bits per heavy atom. The van der Waals surface area contributed by atoms with Crippen LogP contribution in [0.15, 0.2) is 16.9 Å². The third kappa shape index (κ3) is 3.39. The molecule has 0 unspecified atom stereocenters. The van der Waals surface area contributed by atoms with Gasteiger partial charge in [0.1, 0.15) is 5.69 Å². The van der Waals surface area contributed by atoms with Gasteiger partial charge in [0.25, 0.3) is 5.56 Å². The second kappa shape index (κ2) is 7.04. The van der Waals surface area contributed by atoms with Crippen molar-refractivity contribution < 1.29 is 14.3 Å². The number of nitrogens with one attached hydrogen (secondary N) is 3. The van der Waals surface area contributed by atoms with Crippen molar-refractivity contribution in [2.75, 3.05) is 26.1 Å². The first-order valence-corrected chi connectivity index (χ1v) is 7.35. The number of hydrogen-bond acceptors (Lipinski definition) is 4. The predicted octanol–water partition coefficient (Wildman–Crippen LogP) is 2.39. The molecule has 0 radical (unpaired) electrons. The van der Waals surface area contributed by atoms with E-state index in [-0.39, 0.29) is 11.2 Å². The summed E-state index contributed by atoms with van der Waals surface area (Å²) >= 11 is 0. The maximum Gasteiger partial charge on any atom is 0.319 e. The average molecular weight is 319 g/mol. The minimum Gasteiger partial charge on any atom is -0.493 e. The lowest BCUT2D eigenvalue weighted by Crippen LogP contribution is -2.31. The van der Waals surface area contributed by atoms with Gasteiger partial charge in [0, 0.05) is 23.0 Å². The van der Waals surface area contributed by atoms with Crippen LogP contribution in [-0.2, 0) is 0 Å². The van der Waals surface area contributed by atoms with Gasteiger partial charge >= 0.3 is 6.03 Å². The van der Waals surface area contributed by atoms with E-state index < -0.39 is 6.03 Å². The van der Waals surface area contributed by atoms with Crippen LogP contribution in [0.25, 0.3) is 10.8 Å². The standard InChI is InChI=1S/C16H21N3O4/c1-5-6-17-16(21)19-14-11-8-13(23-4)12(22-3)7-10(11)9(2)18-15(14)20/h7-8H,5-6H2,1-4H3,(H,18,20)(H2,17,19,21). The topological polar surface area (TPSA) is 92.5 Å². The molecule has 0 saturated heterocycles. The first-order valence-electron chi connectivity index (χ1n) is 7.35. The van der Waals surface area contributed by atoms with Gasteiger partial charge in [-0.25, -0.2) is 4.79 Å². The molecule has 1 aromatic carbocycles. The van der Waals surface area contributed by atoms with Gasteiger partial charge in [0.2, 0.25) is 0 Å². The van der Waals surface area contributed by atoms with Gasteiger partial charge in [-0.15, -0.1) is 0 Å². The maximum absolute atomic E-state index is 12.2. The number of aryl methyl sites for hydroxylation is 1. The number of aromatic amines is 1. The lowest BCUT2D eigenvalue weighted by molar-refractivity contribution is 0.252. The Labute approximate surface area is 134 Å². The summed E-state index contributed by atoms with van der Waals surface area (Å²) in [5, 5.41) is 6.66. The summed E-state index contributed by atoms with van der Waals surface area (Å²) in [7, 11) is 3.06. The summed E-state index contributed by atoms with van der Waals surface area (Å²) in [6.07, 6.45) is 0.809. The highest BCUT2D eigenvalue weighted by Crippen LogP contribution is 2.35. The second-order valence-electron chi connectivity index (χ2n) is 5.09. The highest BCUT2D eigenvalue weighted by Gasteiger charge is 2.15. The summed E-state index contributed by atoms with van der Waals surface area (Å²) in [4.78, 5) is 26.9. The quantitative estimate of drug-likeness (QED) is 0.789.